The van der Waals surface area contributed by atoms with Crippen molar-refractivity contribution in [3.63, 3.8) is 0 Å². The molecule has 3 heteroatoms. The molecule has 0 unspecified atom stereocenters. The van der Waals surface area contributed by atoms with Gasteiger partial charge in [-0.3, -0.25) is 0 Å². The maximum absolute atomic E-state index is 5.68. The van der Waals surface area contributed by atoms with Crippen molar-refractivity contribution in [2.45, 2.75) is 19.3 Å². The van der Waals surface area contributed by atoms with Gasteiger partial charge in [-0.1, -0.05) is 26.0 Å². The lowest BCUT2D eigenvalue weighted by Crippen LogP contribution is -2.27. The highest BCUT2D eigenvalue weighted by Crippen LogP contribution is 2.23. The average Bonchev–Trinajstić information content (AvgIpc) is 2.18. The van der Waals surface area contributed by atoms with Crippen LogP contribution in [0, 0.1) is 0 Å². The zero-order valence-corrected chi connectivity index (χ0v) is 9.73. The van der Waals surface area contributed by atoms with E-state index in [1.54, 1.807) is 7.11 Å². The number of hydrogen-bond acceptors (Lipinski definition) is 2. The van der Waals surface area contributed by atoms with E-state index in [1.807, 2.05) is 12.1 Å². The summed E-state index contributed by atoms with van der Waals surface area (Å²) >= 11 is 0. The summed E-state index contributed by atoms with van der Waals surface area (Å²) in [7, 11) is 1.67. The van der Waals surface area contributed by atoms with Crippen LogP contribution in [0.25, 0.3) is 0 Å². The molecule has 0 atom stereocenters. The molecule has 0 fully saturated rings. The smallest absolute Gasteiger partial charge is 0.118 e. The third kappa shape index (κ3) is 2.89. The van der Waals surface area contributed by atoms with Crippen LogP contribution in [0.15, 0.2) is 24.3 Å². The molecule has 1 aromatic rings. The van der Waals surface area contributed by atoms with Gasteiger partial charge < -0.3 is 10.5 Å². The van der Waals surface area contributed by atoms with Gasteiger partial charge in [0.2, 0.25) is 0 Å². The van der Waals surface area contributed by atoms with Crippen LogP contribution in [-0.4, -0.2) is 13.7 Å². The van der Waals surface area contributed by atoms with Crippen molar-refractivity contribution in [2.75, 3.05) is 13.7 Å². The van der Waals surface area contributed by atoms with Gasteiger partial charge >= 0.3 is 0 Å². The maximum Gasteiger partial charge on any atom is 0.118 e. The van der Waals surface area contributed by atoms with E-state index < -0.39 is 0 Å². The first-order valence-electron chi connectivity index (χ1n) is 4.45. The first kappa shape index (κ1) is 13.3. The quantitative estimate of drug-likeness (QED) is 0.840. The van der Waals surface area contributed by atoms with Crippen LogP contribution in [0.3, 0.4) is 0 Å². The van der Waals surface area contributed by atoms with Crippen LogP contribution in [0.1, 0.15) is 19.4 Å². The molecule has 0 heterocycles. The molecule has 1 aromatic carbocycles. The second kappa shape index (κ2) is 5.23. The number of halogens is 1. The molecule has 14 heavy (non-hydrogen) atoms. The van der Waals surface area contributed by atoms with E-state index in [0.29, 0.717) is 6.54 Å². The fourth-order valence-electron chi connectivity index (χ4n) is 1.16. The van der Waals surface area contributed by atoms with Crippen molar-refractivity contribution in [3.8, 4) is 5.75 Å². The first-order valence-corrected chi connectivity index (χ1v) is 4.45. The molecule has 0 bridgehead atoms. The molecule has 0 aromatic heterocycles. The Morgan fingerprint density at radius 1 is 1.21 bits per heavy atom. The fraction of sp³-hybridized carbons (Fsp3) is 0.455. The first-order chi connectivity index (χ1) is 6.10. The van der Waals surface area contributed by atoms with E-state index >= 15 is 0 Å². The standard InChI is InChI=1S/C11H17NO.ClH/c1-11(2,8-12)9-4-6-10(13-3)7-5-9;/h4-7H,8,12H2,1-3H3;1H. The van der Waals surface area contributed by atoms with Crippen molar-refractivity contribution in [3.05, 3.63) is 29.8 Å². The lowest BCUT2D eigenvalue weighted by atomic mass is 9.85. The van der Waals surface area contributed by atoms with Gasteiger partial charge in [-0.15, -0.1) is 12.4 Å². The summed E-state index contributed by atoms with van der Waals surface area (Å²) in [5.74, 6) is 0.886. The molecular weight excluding hydrogens is 198 g/mol. The van der Waals surface area contributed by atoms with Gasteiger partial charge in [0, 0.05) is 12.0 Å². The molecule has 0 saturated carbocycles. The predicted octanol–water partition coefficient (Wildman–Crippen LogP) is 2.35. The van der Waals surface area contributed by atoms with Crippen molar-refractivity contribution in [2.24, 2.45) is 5.73 Å². The molecule has 0 saturated heterocycles. The molecule has 80 valence electrons. The molecule has 0 spiro atoms. The minimum absolute atomic E-state index is 0. The highest BCUT2D eigenvalue weighted by atomic mass is 35.5. The molecule has 2 N–H and O–H groups in total. The molecule has 0 aliphatic heterocycles. The Bertz CT molecular complexity index is 269. The van der Waals surface area contributed by atoms with Crippen molar-refractivity contribution < 1.29 is 4.74 Å². The van der Waals surface area contributed by atoms with Gasteiger partial charge in [-0.05, 0) is 17.7 Å². The lowest BCUT2D eigenvalue weighted by molar-refractivity contribution is 0.414. The summed E-state index contributed by atoms with van der Waals surface area (Å²) in [4.78, 5) is 0. The Hall–Kier alpha value is -0.730. The minimum Gasteiger partial charge on any atom is -0.497 e. The van der Waals surface area contributed by atoms with Gasteiger partial charge in [0.25, 0.3) is 0 Å². The number of ether oxygens (including phenoxy) is 1. The topological polar surface area (TPSA) is 35.2 Å². The summed E-state index contributed by atoms with van der Waals surface area (Å²) in [5.41, 5.74) is 6.97. The number of benzene rings is 1. The van der Waals surface area contributed by atoms with Crippen LogP contribution in [0.5, 0.6) is 5.75 Å². The minimum atomic E-state index is 0. The van der Waals surface area contributed by atoms with Gasteiger partial charge in [-0.2, -0.15) is 0 Å². The normalized spacial score (nSPS) is 10.6. The molecule has 0 aliphatic carbocycles. The van der Waals surface area contributed by atoms with Crippen molar-refractivity contribution >= 4 is 12.4 Å². The number of nitrogens with two attached hydrogens (primary N) is 1. The van der Waals surface area contributed by atoms with Gasteiger partial charge in [0.05, 0.1) is 7.11 Å². The zero-order chi connectivity index (χ0) is 9.90. The monoisotopic (exact) mass is 215 g/mol. The Morgan fingerprint density at radius 3 is 2.07 bits per heavy atom. The highest BCUT2D eigenvalue weighted by molar-refractivity contribution is 5.85. The fourth-order valence-corrected chi connectivity index (χ4v) is 1.16. The predicted molar refractivity (Wildman–Crippen MR) is 62.3 cm³/mol. The summed E-state index contributed by atoms with van der Waals surface area (Å²) in [6, 6.07) is 8.05. The van der Waals surface area contributed by atoms with E-state index in [9.17, 15) is 0 Å². The Balaban J connectivity index is 0.00000169. The van der Waals surface area contributed by atoms with E-state index in [0.717, 1.165) is 5.75 Å². The second-order valence-corrected chi connectivity index (χ2v) is 3.82. The molecule has 0 amide bonds. The van der Waals surface area contributed by atoms with E-state index in [2.05, 4.69) is 26.0 Å². The van der Waals surface area contributed by atoms with Crippen LogP contribution in [0.4, 0.5) is 0 Å². The van der Waals surface area contributed by atoms with E-state index in [1.165, 1.54) is 5.56 Å². The lowest BCUT2D eigenvalue weighted by Gasteiger charge is -2.22. The largest absolute Gasteiger partial charge is 0.497 e. The van der Waals surface area contributed by atoms with Gasteiger partial charge in [0.1, 0.15) is 5.75 Å². The Kier molecular flexibility index (Phi) is 4.95. The summed E-state index contributed by atoms with van der Waals surface area (Å²) in [5, 5.41) is 0. The Morgan fingerprint density at radius 2 is 1.71 bits per heavy atom. The maximum atomic E-state index is 5.68. The molecule has 2 nitrogen and oxygen atoms in total. The number of rotatable bonds is 3. The van der Waals surface area contributed by atoms with Crippen molar-refractivity contribution in [1.29, 1.82) is 0 Å². The Labute approximate surface area is 91.9 Å². The third-order valence-electron chi connectivity index (χ3n) is 2.38. The summed E-state index contributed by atoms with van der Waals surface area (Å²) in [6.07, 6.45) is 0. The number of methoxy groups -OCH3 is 1. The van der Waals surface area contributed by atoms with Crippen LogP contribution >= 0.6 is 12.4 Å². The zero-order valence-electron chi connectivity index (χ0n) is 8.91. The van der Waals surface area contributed by atoms with Crippen LogP contribution in [-0.2, 0) is 5.41 Å². The van der Waals surface area contributed by atoms with E-state index in [4.69, 9.17) is 10.5 Å². The van der Waals surface area contributed by atoms with Crippen molar-refractivity contribution in [1.82, 2.24) is 0 Å². The molecule has 0 radical (unpaired) electrons. The highest BCUT2D eigenvalue weighted by Gasteiger charge is 2.17. The third-order valence-corrected chi connectivity index (χ3v) is 2.38. The summed E-state index contributed by atoms with van der Waals surface area (Å²) in [6.45, 7) is 4.92. The number of hydrogen-bond donors (Lipinski definition) is 1. The molecule has 0 aliphatic rings. The summed E-state index contributed by atoms with van der Waals surface area (Å²) < 4.78 is 5.08. The van der Waals surface area contributed by atoms with Gasteiger partial charge in [-0.25, -0.2) is 0 Å². The molecule has 1 rings (SSSR count). The SMILES string of the molecule is COc1ccc(C(C)(C)CN)cc1.Cl. The second-order valence-electron chi connectivity index (χ2n) is 3.82. The van der Waals surface area contributed by atoms with Gasteiger partial charge in [0.15, 0.2) is 0 Å². The van der Waals surface area contributed by atoms with E-state index in [-0.39, 0.29) is 17.8 Å². The molecular formula is C11H18ClNO. The van der Waals surface area contributed by atoms with Crippen LogP contribution in [0.2, 0.25) is 0 Å². The van der Waals surface area contributed by atoms with Crippen LogP contribution < -0.4 is 10.5 Å². The average molecular weight is 216 g/mol.